The predicted molar refractivity (Wildman–Crippen MR) is 68.4 cm³/mol. The molecule has 0 aliphatic heterocycles. The van der Waals surface area contributed by atoms with Crippen molar-refractivity contribution in [1.29, 1.82) is 0 Å². The summed E-state index contributed by atoms with van der Waals surface area (Å²) in [5.74, 6) is 0.149. The van der Waals surface area contributed by atoms with Gasteiger partial charge in [-0.05, 0) is 12.7 Å². The van der Waals surface area contributed by atoms with Gasteiger partial charge in [0.2, 0.25) is 5.91 Å². The van der Waals surface area contributed by atoms with Gasteiger partial charge in [0.1, 0.15) is 0 Å². The molecule has 0 saturated carbocycles. The summed E-state index contributed by atoms with van der Waals surface area (Å²) in [6, 6.07) is 0.453. The molecule has 0 aliphatic carbocycles. The third-order valence-electron chi connectivity index (χ3n) is 2.18. The quantitative estimate of drug-likeness (QED) is 0.668. The molecule has 0 aliphatic rings. The molecule has 0 saturated heterocycles. The molecule has 1 atom stereocenters. The number of rotatable bonds is 8. The Hall–Kier alpha value is -0.220. The largest absolute Gasteiger partial charge is 0.356 e. The van der Waals surface area contributed by atoms with Crippen molar-refractivity contribution in [2.24, 2.45) is 0 Å². The van der Waals surface area contributed by atoms with E-state index < -0.39 is 0 Å². The van der Waals surface area contributed by atoms with Crippen molar-refractivity contribution in [3.05, 3.63) is 0 Å². The van der Waals surface area contributed by atoms with Gasteiger partial charge in [0.15, 0.2) is 0 Å². The van der Waals surface area contributed by atoms with Crippen LogP contribution in [0.3, 0.4) is 0 Å². The Balaban J connectivity index is 3.33. The third-order valence-corrected chi connectivity index (χ3v) is 3.22. The van der Waals surface area contributed by atoms with Gasteiger partial charge in [-0.2, -0.15) is 11.8 Å². The highest BCUT2D eigenvalue weighted by Gasteiger charge is 2.03. The Bertz CT molecular complexity index is 174. The first-order valence-corrected chi connectivity index (χ1v) is 6.88. The molecule has 0 aromatic carbocycles. The molecule has 3 nitrogen and oxygen atoms in total. The second kappa shape index (κ2) is 9.04. The van der Waals surface area contributed by atoms with E-state index in [9.17, 15) is 4.79 Å². The van der Waals surface area contributed by atoms with Crippen LogP contribution in [0.1, 0.15) is 33.6 Å². The lowest BCUT2D eigenvalue weighted by molar-refractivity contribution is -0.121. The van der Waals surface area contributed by atoms with Crippen LogP contribution < -0.4 is 10.6 Å². The Morgan fingerprint density at radius 2 is 1.93 bits per heavy atom. The molecular weight excluding hydrogens is 208 g/mol. The molecule has 4 heteroatoms. The van der Waals surface area contributed by atoms with E-state index in [2.05, 4.69) is 37.7 Å². The maximum atomic E-state index is 11.3. The zero-order chi connectivity index (χ0) is 11.7. The minimum Gasteiger partial charge on any atom is -0.356 e. The maximum Gasteiger partial charge on any atom is 0.221 e. The van der Waals surface area contributed by atoms with Crippen LogP contribution in [0.15, 0.2) is 0 Å². The normalized spacial score (nSPS) is 12.9. The minimum atomic E-state index is 0.149. The lowest BCUT2D eigenvalue weighted by Crippen LogP contribution is -2.31. The van der Waals surface area contributed by atoms with E-state index in [-0.39, 0.29) is 5.91 Å². The fourth-order valence-electron chi connectivity index (χ4n) is 1.10. The molecule has 0 bridgehead atoms. The number of carbonyl (C=O) groups excluding carboxylic acids is 1. The van der Waals surface area contributed by atoms with Gasteiger partial charge < -0.3 is 10.6 Å². The van der Waals surface area contributed by atoms with Crippen molar-refractivity contribution in [1.82, 2.24) is 10.6 Å². The maximum absolute atomic E-state index is 11.3. The van der Waals surface area contributed by atoms with Crippen molar-refractivity contribution in [2.75, 3.05) is 19.3 Å². The van der Waals surface area contributed by atoms with Crippen molar-refractivity contribution in [2.45, 2.75) is 44.9 Å². The summed E-state index contributed by atoms with van der Waals surface area (Å²) < 4.78 is 0. The average molecular weight is 232 g/mol. The molecule has 0 fully saturated rings. The Labute approximate surface area is 97.8 Å². The molecular formula is C11H24N2OS. The third kappa shape index (κ3) is 10.1. The highest BCUT2D eigenvalue weighted by atomic mass is 32.2. The first-order chi connectivity index (χ1) is 7.06. The van der Waals surface area contributed by atoms with Crippen LogP contribution in [0.2, 0.25) is 0 Å². The second-order valence-corrected chi connectivity index (χ2v) is 5.32. The summed E-state index contributed by atoms with van der Waals surface area (Å²) in [6.07, 6.45) is 3.72. The van der Waals surface area contributed by atoms with Gasteiger partial charge >= 0.3 is 0 Å². The number of hydrogen-bond acceptors (Lipinski definition) is 3. The van der Waals surface area contributed by atoms with E-state index in [0.717, 1.165) is 19.5 Å². The van der Waals surface area contributed by atoms with Gasteiger partial charge in [-0.15, -0.1) is 0 Å². The molecule has 0 aromatic rings. The van der Waals surface area contributed by atoms with Crippen LogP contribution in [-0.2, 0) is 4.79 Å². The summed E-state index contributed by atoms with van der Waals surface area (Å²) >= 11 is 1.83. The minimum absolute atomic E-state index is 0.149. The molecule has 0 aromatic heterocycles. The van der Waals surface area contributed by atoms with Crippen LogP contribution in [0, 0.1) is 0 Å². The van der Waals surface area contributed by atoms with Crippen LogP contribution in [0.4, 0.5) is 0 Å². The average Bonchev–Trinajstić information content (AvgIpc) is 2.17. The van der Waals surface area contributed by atoms with Gasteiger partial charge in [0, 0.05) is 30.8 Å². The lowest BCUT2D eigenvalue weighted by atomic mass is 10.3. The number of carbonyl (C=O) groups is 1. The molecule has 0 radical (unpaired) electrons. The summed E-state index contributed by atoms with van der Waals surface area (Å²) in [6.45, 7) is 7.90. The Morgan fingerprint density at radius 1 is 1.27 bits per heavy atom. The SMILES string of the molecule is CSC(C)CCNC(=O)CCNC(C)C. The Kier molecular flexibility index (Phi) is 8.91. The molecule has 90 valence electrons. The van der Waals surface area contributed by atoms with Crippen LogP contribution in [0.25, 0.3) is 0 Å². The van der Waals surface area contributed by atoms with E-state index in [1.54, 1.807) is 0 Å². The van der Waals surface area contributed by atoms with Gasteiger partial charge in [-0.3, -0.25) is 4.79 Å². The van der Waals surface area contributed by atoms with E-state index in [0.29, 0.717) is 17.7 Å². The highest BCUT2D eigenvalue weighted by Crippen LogP contribution is 2.07. The van der Waals surface area contributed by atoms with Crippen LogP contribution >= 0.6 is 11.8 Å². The van der Waals surface area contributed by atoms with E-state index in [4.69, 9.17) is 0 Å². The molecule has 0 heterocycles. The standard InChI is InChI=1S/C11H24N2OS/c1-9(2)12-8-6-11(14)13-7-5-10(3)15-4/h9-10,12H,5-8H2,1-4H3,(H,13,14). The Morgan fingerprint density at radius 3 is 2.47 bits per heavy atom. The summed E-state index contributed by atoms with van der Waals surface area (Å²) in [4.78, 5) is 11.3. The van der Waals surface area contributed by atoms with E-state index >= 15 is 0 Å². The van der Waals surface area contributed by atoms with Crippen molar-refractivity contribution in [3.63, 3.8) is 0 Å². The molecule has 2 N–H and O–H groups in total. The molecule has 1 unspecified atom stereocenters. The monoisotopic (exact) mass is 232 g/mol. The van der Waals surface area contributed by atoms with Gasteiger partial charge in [0.05, 0.1) is 0 Å². The van der Waals surface area contributed by atoms with Gasteiger partial charge in [0.25, 0.3) is 0 Å². The van der Waals surface area contributed by atoms with Crippen molar-refractivity contribution >= 4 is 17.7 Å². The van der Waals surface area contributed by atoms with Gasteiger partial charge in [-0.25, -0.2) is 0 Å². The van der Waals surface area contributed by atoms with Crippen molar-refractivity contribution in [3.8, 4) is 0 Å². The van der Waals surface area contributed by atoms with Crippen LogP contribution in [-0.4, -0.2) is 36.5 Å². The highest BCUT2D eigenvalue weighted by molar-refractivity contribution is 7.99. The first-order valence-electron chi connectivity index (χ1n) is 5.59. The predicted octanol–water partition coefficient (Wildman–Crippen LogP) is 1.63. The lowest BCUT2D eigenvalue weighted by Gasteiger charge is -2.10. The summed E-state index contributed by atoms with van der Waals surface area (Å²) in [5.41, 5.74) is 0. The fraction of sp³-hybridized carbons (Fsp3) is 0.909. The number of nitrogens with one attached hydrogen (secondary N) is 2. The van der Waals surface area contributed by atoms with E-state index in [1.165, 1.54) is 0 Å². The molecule has 1 amide bonds. The zero-order valence-electron chi connectivity index (χ0n) is 10.3. The first kappa shape index (κ1) is 14.8. The second-order valence-electron chi connectivity index (χ2n) is 4.04. The van der Waals surface area contributed by atoms with Crippen molar-refractivity contribution < 1.29 is 4.79 Å². The molecule has 0 rings (SSSR count). The summed E-state index contributed by atoms with van der Waals surface area (Å²) in [5, 5.41) is 6.78. The topological polar surface area (TPSA) is 41.1 Å². The zero-order valence-corrected chi connectivity index (χ0v) is 11.1. The summed E-state index contributed by atoms with van der Waals surface area (Å²) in [7, 11) is 0. The number of amides is 1. The number of thioether (sulfide) groups is 1. The van der Waals surface area contributed by atoms with E-state index in [1.807, 2.05) is 11.8 Å². The fourth-order valence-corrected chi connectivity index (χ4v) is 1.45. The molecule has 15 heavy (non-hydrogen) atoms. The molecule has 0 spiro atoms. The number of hydrogen-bond donors (Lipinski definition) is 2. The smallest absolute Gasteiger partial charge is 0.221 e. The van der Waals surface area contributed by atoms with Gasteiger partial charge in [-0.1, -0.05) is 20.8 Å². The van der Waals surface area contributed by atoms with Crippen LogP contribution in [0.5, 0.6) is 0 Å².